The highest BCUT2D eigenvalue weighted by atomic mass is 35.5. The predicted molar refractivity (Wildman–Crippen MR) is 191 cm³/mol. The van der Waals surface area contributed by atoms with Crippen molar-refractivity contribution in [3.05, 3.63) is 111 Å². The molecule has 13 heteroatoms. The quantitative estimate of drug-likeness (QED) is 0.0528. The van der Waals surface area contributed by atoms with Crippen LogP contribution in [0.15, 0.2) is 83.6 Å². The molecule has 0 unspecified atom stereocenters. The molecule has 0 saturated carbocycles. The van der Waals surface area contributed by atoms with E-state index in [1.165, 1.54) is 6.21 Å². The molecule has 1 atom stereocenters. The van der Waals surface area contributed by atoms with Crippen LogP contribution in [0.3, 0.4) is 0 Å². The second-order valence-corrected chi connectivity index (χ2v) is 11.6. The van der Waals surface area contributed by atoms with E-state index in [1.807, 2.05) is 19.1 Å². The summed E-state index contributed by atoms with van der Waals surface area (Å²) in [5.41, 5.74) is 6.28. The monoisotopic (exact) mass is 710 g/mol. The third kappa shape index (κ3) is 9.50. The highest BCUT2D eigenvalue weighted by Crippen LogP contribution is 2.36. The third-order valence-electron chi connectivity index (χ3n) is 6.96. The highest BCUT2D eigenvalue weighted by molar-refractivity contribution is 7.80. The lowest BCUT2D eigenvalue weighted by molar-refractivity contribution is -0.139. The molecule has 3 aromatic rings. The van der Waals surface area contributed by atoms with Gasteiger partial charge >= 0.3 is 5.97 Å². The van der Waals surface area contributed by atoms with Crippen molar-refractivity contribution in [2.24, 2.45) is 5.10 Å². The second kappa shape index (κ2) is 17.5. The molecular weight excluding hydrogens is 675 g/mol. The van der Waals surface area contributed by atoms with Gasteiger partial charge < -0.3 is 29.6 Å². The number of ether oxygens (including phenoxy) is 4. The zero-order valence-electron chi connectivity index (χ0n) is 26.7. The first kappa shape index (κ1) is 36.3. The van der Waals surface area contributed by atoms with E-state index in [4.69, 9.17) is 54.4 Å². The summed E-state index contributed by atoms with van der Waals surface area (Å²) in [6.07, 6.45) is 3.75. The van der Waals surface area contributed by atoms with Crippen molar-refractivity contribution in [1.82, 2.24) is 16.1 Å². The first-order valence-corrected chi connectivity index (χ1v) is 16.3. The van der Waals surface area contributed by atoms with E-state index in [9.17, 15) is 9.59 Å². The zero-order chi connectivity index (χ0) is 34.6. The van der Waals surface area contributed by atoms with Gasteiger partial charge in [-0.25, -0.2) is 10.2 Å². The number of hydrogen-bond acceptors (Lipinski definition) is 8. The molecule has 0 bridgehead atoms. The van der Waals surface area contributed by atoms with E-state index in [1.54, 1.807) is 62.4 Å². The van der Waals surface area contributed by atoms with Crippen molar-refractivity contribution in [3.8, 4) is 17.2 Å². The van der Waals surface area contributed by atoms with E-state index >= 15 is 0 Å². The molecule has 10 nitrogen and oxygen atoms in total. The van der Waals surface area contributed by atoms with Gasteiger partial charge in [0.15, 0.2) is 23.2 Å². The Hall–Kier alpha value is -4.58. The lowest BCUT2D eigenvalue weighted by atomic mass is 9.95. The van der Waals surface area contributed by atoms with Crippen LogP contribution in [0, 0.1) is 0 Å². The van der Waals surface area contributed by atoms with Crippen LogP contribution in [0.5, 0.6) is 17.2 Å². The number of esters is 1. The van der Waals surface area contributed by atoms with Crippen LogP contribution < -0.4 is 30.3 Å². The number of halogens is 2. The summed E-state index contributed by atoms with van der Waals surface area (Å²) in [4.78, 5) is 25.6. The summed E-state index contributed by atoms with van der Waals surface area (Å²) in [6, 6.07) is 15.3. The van der Waals surface area contributed by atoms with Crippen molar-refractivity contribution in [3.63, 3.8) is 0 Å². The number of allylic oxidation sites excluding steroid dienone is 2. The number of para-hydroxylation sites is 1. The van der Waals surface area contributed by atoms with E-state index in [-0.39, 0.29) is 19.8 Å². The Morgan fingerprint density at radius 3 is 2.54 bits per heavy atom. The minimum atomic E-state index is -0.644. The van der Waals surface area contributed by atoms with Gasteiger partial charge in [0.2, 0.25) is 0 Å². The fourth-order valence-electron chi connectivity index (χ4n) is 4.89. The van der Waals surface area contributed by atoms with Crippen molar-refractivity contribution in [1.29, 1.82) is 0 Å². The first-order valence-electron chi connectivity index (χ1n) is 15.1. The van der Waals surface area contributed by atoms with Gasteiger partial charge in [0.1, 0.15) is 12.4 Å². The lowest BCUT2D eigenvalue weighted by Crippen LogP contribution is -2.45. The smallest absolute Gasteiger partial charge is 0.338 e. The summed E-state index contributed by atoms with van der Waals surface area (Å²) in [7, 11) is 0. The largest absolute Gasteiger partial charge is 0.490 e. The Bertz CT molecular complexity index is 1750. The van der Waals surface area contributed by atoms with Crippen LogP contribution in [0.2, 0.25) is 10.0 Å². The van der Waals surface area contributed by atoms with E-state index < -0.39 is 17.9 Å². The molecular formula is C35H36Cl2N4O6S. The molecule has 1 heterocycles. The molecule has 252 valence electrons. The lowest BCUT2D eigenvalue weighted by Gasteiger charge is -2.30. The minimum Gasteiger partial charge on any atom is -0.490 e. The normalized spacial score (nSPS) is 14.2. The second-order valence-electron chi connectivity index (χ2n) is 10.4. The number of hydrazone groups is 1. The molecule has 1 aliphatic rings. The van der Waals surface area contributed by atoms with Gasteiger partial charge in [-0.05, 0) is 75.3 Å². The SMILES string of the molecule is C=CCc1cc(C=NNC(=O)COc2ccccc2[C@@H]2NC(=S)NC(C)=C2C(=O)OCC)cc(OCC)c1OCc1ccc(Cl)cc1Cl. The fraction of sp³-hybridized carbons (Fsp3) is 0.257. The van der Waals surface area contributed by atoms with Crippen LogP contribution in [0.4, 0.5) is 0 Å². The van der Waals surface area contributed by atoms with Gasteiger partial charge in [-0.15, -0.1) is 6.58 Å². The van der Waals surface area contributed by atoms with Crippen LogP contribution in [-0.2, 0) is 27.4 Å². The van der Waals surface area contributed by atoms with Gasteiger partial charge in [0.25, 0.3) is 5.91 Å². The number of hydrogen-bond donors (Lipinski definition) is 3. The molecule has 3 aromatic carbocycles. The molecule has 0 radical (unpaired) electrons. The standard InChI is InChI=1S/C35H36Cl2N4O6S/c1-5-10-23-15-22(16-29(44-6-2)33(23)47-19-24-13-14-25(36)17-27(24)37)18-38-41-30(42)20-46-28-12-9-8-11-26(28)32-31(34(43)45-7-3)21(4)39-35(48)40-32/h5,8-9,11-18,32H,1,6-7,10,19-20H2,2-4H3,(H,41,42)(H2,39,40,48)/t32-/m0/s1. The van der Waals surface area contributed by atoms with Gasteiger partial charge in [-0.2, -0.15) is 5.10 Å². The van der Waals surface area contributed by atoms with Gasteiger partial charge in [0, 0.05) is 32.4 Å². The topological polar surface area (TPSA) is 120 Å². The molecule has 1 amide bonds. The summed E-state index contributed by atoms with van der Waals surface area (Å²) in [6.45, 7) is 9.69. The number of carbonyl (C=O) groups excluding carboxylic acids is 2. The van der Waals surface area contributed by atoms with Gasteiger partial charge in [-0.1, -0.05) is 53.5 Å². The maximum absolute atomic E-state index is 12.8. The number of nitrogens with zero attached hydrogens (tertiary/aromatic N) is 1. The summed E-state index contributed by atoms with van der Waals surface area (Å²) in [5, 5.41) is 11.6. The van der Waals surface area contributed by atoms with Gasteiger partial charge in [-0.3, -0.25) is 4.79 Å². The van der Waals surface area contributed by atoms with Gasteiger partial charge in [0.05, 0.1) is 31.0 Å². The molecule has 0 fully saturated rings. The van der Waals surface area contributed by atoms with Crippen molar-refractivity contribution in [2.75, 3.05) is 19.8 Å². The molecule has 1 aliphatic heterocycles. The fourth-order valence-corrected chi connectivity index (χ4v) is 5.63. The third-order valence-corrected chi connectivity index (χ3v) is 7.77. The molecule has 48 heavy (non-hydrogen) atoms. The molecule has 0 aliphatic carbocycles. The molecule has 0 aromatic heterocycles. The number of thiocarbonyl (C=S) groups is 1. The minimum absolute atomic E-state index is 0.202. The van der Waals surface area contributed by atoms with E-state index in [2.05, 4.69) is 27.7 Å². The van der Waals surface area contributed by atoms with E-state index in [0.29, 0.717) is 67.8 Å². The molecule has 4 rings (SSSR count). The summed E-state index contributed by atoms with van der Waals surface area (Å²) >= 11 is 17.7. The summed E-state index contributed by atoms with van der Waals surface area (Å²) < 4.78 is 23.2. The average molecular weight is 712 g/mol. The van der Waals surface area contributed by atoms with Crippen LogP contribution in [-0.4, -0.2) is 43.0 Å². The van der Waals surface area contributed by atoms with Crippen LogP contribution in [0.1, 0.15) is 49.1 Å². The maximum atomic E-state index is 12.8. The highest BCUT2D eigenvalue weighted by Gasteiger charge is 2.32. The van der Waals surface area contributed by atoms with Crippen molar-refractivity contribution < 1.29 is 28.5 Å². The van der Waals surface area contributed by atoms with Crippen molar-refractivity contribution >= 4 is 58.6 Å². The van der Waals surface area contributed by atoms with Crippen molar-refractivity contribution in [2.45, 2.75) is 39.8 Å². The van der Waals surface area contributed by atoms with E-state index in [0.717, 1.165) is 11.1 Å². The Balaban J connectivity index is 1.46. The number of benzene rings is 3. The van der Waals surface area contributed by atoms with Crippen LogP contribution >= 0.6 is 35.4 Å². The molecule has 0 saturated heterocycles. The Morgan fingerprint density at radius 2 is 1.81 bits per heavy atom. The number of nitrogens with one attached hydrogen (secondary N) is 3. The average Bonchev–Trinajstić information content (AvgIpc) is 3.04. The summed E-state index contributed by atoms with van der Waals surface area (Å²) in [5.74, 6) is 0.463. The molecule has 3 N–H and O–H groups in total. The number of carbonyl (C=O) groups is 2. The Kier molecular flexibility index (Phi) is 13.2. The number of rotatable bonds is 15. The Morgan fingerprint density at radius 1 is 1.02 bits per heavy atom. The Labute approximate surface area is 295 Å². The predicted octanol–water partition coefficient (Wildman–Crippen LogP) is 6.58. The zero-order valence-corrected chi connectivity index (χ0v) is 29.1. The number of amides is 1. The maximum Gasteiger partial charge on any atom is 0.338 e. The first-order chi connectivity index (χ1) is 23.1. The van der Waals surface area contributed by atoms with Crippen LogP contribution in [0.25, 0.3) is 0 Å². The molecule has 0 spiro atoms.